The summed E-state index contributed by atoms with van der Waals surface area (Å²) in [7, 11) is 0. The van der Waals surface area contributed by atoms with Gasteiger partial charge in [0.25, 0.3) is 0 Å². The van der Waals surface area contributed by atoms with E-state index in [2.05, 4.69) is 42.5 Å². The van der Waals surface area contributed by atoms with Gasteiger partial charge >= 0.3 is 0 Å². The fourth-order valence-corrected chi connectivity index (χ4v) is 3.09. The van der Waals surface area contributed by atoms with Crippen LogP contribution < -0.4 is 0 Å². The summed E-state index contributed by atoms with van der Waals surface area (Å²) in [5, 5.41) is 0. The minimum atomic E-state index is 0.775. The third-order valence-electron chi connectivity index (χ3n) is 3.81. The Kier molecular flexibility index (Phi) is 4.27. The highest BCUT2D eigenvalue weighted by molar-refractivity contribution is 5.19. The minimum Gasteiger partial charge on any atom is -0.351 e. The second-order valence-corrected chi connectivity index (χ2v) is 5.38. The lowest BCUT2D eigenvalue weighted by atomic mass is 10.0. The smallest absolute Gasteiger partial charge is 0.0237 e. The molecule has 0 fully saturated rings. The van der Waals surface area contributed by atoms with Gasteiger partial charge in [-0.3, -0.25) is 4.90 Å². The molecule has 2 nitrogen and oxygen atoms in total. The molecular weight excluding hydrogens is 208 g/mol. The quantitative estimate of drug-likeness (QED) is 0.759. The van der Waals surface area contributed by atoms with Gasteiger partial charge in [0.2, 0.25) is 0 Å². The summed E-state index contributed by atoms with van der Waals surface area (Å²) >= 11 is 0. The molecule has 17 heavy (non-hydrogen) atoms. The largest absolute Gasteiger partial charge is 0.351 e. The molecule has 1 aromatic rings. The van der Waals surface area contributed by atoms with Crippen molar-refractivity contribution >= 4 is 0 Å². The summed E-state index contributed by atoms with van der Waals surface area (Å²) in [4.78, 5) is 2.70. The average molecular weight is 234 g/mol. The Balaban J connectivity index is 2.04. The van der Waals surface area contributed by atoms with Crippen molar-refractivity contribution in [3.63, 3.8) is 0 Å². The van der Waals surface area contributed by atoms with Crippen molar-refractivity contribution < 1.29 is 0 Å². The van der Waals surface area contributed by atoms with Gasteiger partial charge in [-0.05, 0) is 50.9 Å². The Labute approximate surface area is 106 Å². The SMILES string of the molecule is CCCN(CCC)[C@@H]1CCn2cc(C)cc2C1. The van der Waals surface area contributed by atoms with Crippen LogP contribution in [0, 0.1) is 6.92 Å². The fourth-order valence-electron chi connectivity index (χ4n) is 3.09. The zero-order valence-corrected chi connectivity index (χ0v) is 11.6. The maximum absolute atomic E-state index is 2.70. The highest BCUT2D eigenvalue weighted by atomic mass is 15.2. The summed E-state index contributed by atoms with van der Waals surface area (Å²) in [6.07, 6.45) is 7.41. The summed E-state index contributed by atoms with van der Waals surface area (Å²) < 4.78 is 2.45. The number of hydrogen-bond acceptors (Lipinski definition) is 1. The summed E-state index contributed by atoms with van der Waals surface area (Å²) in [6, 6.07) is 3.14. The van der Waals surface area contributed by atoms with Crippen LogP contribution in [-0.2, 0) is 13.0 Å². The molecule has 0 spiro atoms. The van der Waals surface area contributed by atoms with Crippen LogP contribution >= 0.6 is 0 Å². The Bertz CT molecular complexity index is 348. The zero-order valence-electron chi connectivity index (χ0n) is 11.6. The Morgan fingerprint density at radius 1 is 1.29 bits per heavy atom. The highest BCUT2D eigenvalue weighted by Gasteiger charge is 2.23. The van der Waals surface area contributed by atoms with Gasteiger partial charge in [0.05, 0.1) is 0 Å². The molecule has 0 unspecified atom stereocenters. The first kappa shape index (κ1) is 12.7. The lowest BCUT2D eigenvalue weighted by Crippen LogP contribution is -2.41. The fraction of sp³-hybridized carbons (Fsp3) is 0.733. The molecule has 1 aromatic heterocycles. The summed E-state index contributed by atoms with van der Waals surface area (Å²) in [5.74, 6) is 0. The third-order valence-corrected chi connectivity index (χ3v) is 3.81. The van der Waals surface area contributed by atoms with Gasteiger partial charge in [-0.25, -0.2) is 0 Å². The molecule has 1 aliphatic rings. The van der Waals surface area contributed by atoms with Crippen molar-refractivity contribution in [1.82, 2.24) is 9.47 Å². The molecule has 0 aromatic carbocycles. The van der Waals surface area contributed by atoms with E-state index in [1.807, 2.05) is 0 Å². The Morgan fingerprint density at radius 3 is 2.65 bits per heavy atom. The van der Waals surface area contributed by atoms with E-state index in [1.54, 1.807) is 0 Å². The van der Waals surface area contributed by atoms with E-state index in [1.165, 1.54) is 56.6 Å². The molecule has 2 rings (SSSR count). The molecular formula is C15H26N2. The molecule has 2 heteroatoms. The number of fused-ring (bicyclic) bond motifs is 1. The maximum Gasteiger partial charge on any atom is 0.0237 e. The van der Waals surface area contributed by atoms with E-state index in [4.69, 9.17) is 0 Å². The first-order valence-corrected chi connectivity index (χ1v) is 7.14. The molecule has 0 saturated carbocycles. The lowest BCUT2D eigenvalue weighted by Gasteiger charge is -2.34. The van der Waals surface area contributed by atoms with Crippen molar-refractivity contribution in [2.45, 2.75) is 59.0 Å². The van der Waals surface area contributed by atoms with Gasteiger partial charge in [0, 0.05) is 30.9 Å². The van der Waals surface area contributed by atoms with Crippen LogP contribution in [0.2, 0.25) is 0 Å². The van der Waals surface area contributed by atoms with Gasteiger partial charge in [-0.1, -0.05) is 13.8 Å². The van der Waals surface area contributed by atoms with Crippen molar-refractivity contribution in [3.8, 4) is 0 Å². The van der Waals surface area contributed by atoms with Crippen LogP contribution in [-0.4, -0.2) is 28.6 Å². The van der Waals surface area contributed by atoms with Crippen LogP contribution in [0.1, 0.15) is 44.4 Å². The van der Waals surface area contributed by atoms with E-state index in [0.29, 0.717) is 0 Å². The van der Waals surface area contributed by atoms with Crippen molar-refractivity contribution in [2.24, 2.45) is 0 Å². The normalized spacial score (nSPS) is 19.6. The van der Waals surface area contributed by atoms with Gasteiger partial charge in [-0.2, -0.15) is 0 Å². The van der Waals surface area contributed by atoms with Crippen molar-refractivity contribution in [3.05, 3.63) is 23.5 Å². The molecule has 1 aliphatic heterocycles. The monoisotopic (exact) mass is 234 g/mol. The van der Waals surface area contributed by atoms with Gasteiger partial charge in [0.15, 0.2) is 0 Å². The van der Waals surface area contributed by atoms with Crippen LogP contribution in [0.25, 0.3) is 0 Å². The van der Waals surface area contributed by atoms with Gasteiger partial charge in [-0.15, -0.1) is 0 Å². The molecule has 0 bridgehead atoms. The Hall–Kier alpha value is -0.760. The predicted molar refractivity (Wildman–Crippen MR) is 73.4 cm³/mol. The molecule has 0 aliphatic carbocycles. The first-order valence-electron chi connectivity index (χ1n) is 7.14. The van der Waals surface area contributed by atoms with E-state index < -0.39 is 0 Å². The zero-order chi connectivity index (χ0) is 12.3. The van der Waals surface area contributed by atoms with Crippen LogP contribution in [0.4, 0.5) is 0 Å². The van der Waals surface area contributed by atoms with Crippen molar-refractivity contribution in [1.29, 1.82) is 0 Å². The number of rotatable bonds is 5. The first-order chi connectivity index (χ1) is 8.24. The molecule has 0 saturated heterocycles. The second kappa shape index (κ2) is 5.72. The van der Waals surface area contributed by atoms with Gasteiger partial charge < -0.3 is 4.57 Å². The number of aromatic nitrogens is 1. The average Bonchev–Trinajstić information content (AvgIpc) is 2.67. The third kappa shape index (κ3) is 2.92. The van der Waals surface area contributed by atoms with E-state index in [9.17, 15) is 0 Å². The number of hydrogen-bond donors (Lipinski definition) is 0. The topological polar surface area (TPSA) is 8.17 Å². The predicted octanol–water partition coefficient (Wildman–Crippen LogP) is 3.23. The van der Waals surface area contributed by atoms with Crippen LogP contribution in [0.15, 0.2) is 12.3 Å². The summed E-state index contributed by atoms with van der Waals surface area (Å²) in [5.41, 5.74) is 2.95. The second-order valence-electron chi connectivity index (χ2n) is 5.38. The standard InChI is InChI=1S/C15H26N2/c1-4-7-16(8-5-2)14-6-9-17-12-13(3)10-15(17)11-14/h10,12,14H,4-9,11H2,1-3H3/t14-/m1/s1. The molecule has 2 heterocycles. The molecule has 1 atom stereocenters. The summed E-state index contributed by atoms with van der Waals surface area (Å²) in [6.45, 7) is 10.5. The highest BCUT2D eigenvalue weighted by Crippen LogP contribution is 2.22. The number of aryl methyl sites for hydroxylation is 2. The number of nitrogens with zero attached hydrogens (tertiary/aromatic N) is 2. The van der Waals surface area contributed by atoms with Crippen LogP contribution in [0.5, 0.6) is 0 Å². The van der Waals surface area contributed by atoms with Crippen molar-refractivity contribution in [2.75, 3.05) is 13.1 Å². The van der Waals surface area contributed by atoms with E-state index >= 15 is 0 Å². The van der Waals surface area contributed by atoms with Crippen LogP contribution in [0.3, 0.4) is 0 Å². The molecule has 0 N–H and O–H groups in total. The minimum absolute atomic E-state index is 0.775. The Morgan fingerprint density at radius 2 is 2.00 bits per heavy atom. The molecule has 0 amide bonds. The van der Waals surface area contributed by atoms with E-state index in [-0.39, 0.29) is 0 Å². The molecule has 0 radical (unpaired) electrons. The maximum atomic E-state index is 2.70. The molecule has 96 valence electrons. The lowest BCUT2D eigenvalue weighted by molar-refractivity contribution is 0.167. The van der Waals surface area contributed by atoms with Gasteiger partial charge in [0.1, 0.15) is 0 Å². The van der Waals surface area contributed by atoms with E-state index in [0.717, 1.165) is 6.04 Å².